The summed E-state index contributed by atoms with van der Waals surface area (Å²) in [6, 6.07) is 3.06. The molecule has 0 aliphatic rings. The summed E-state index contributed by atoms with van der Waals surface area (Å²) >= 11 is 0. The second-order valence-electron chi connectivity index (χ2n) is 3.77. The fourth-order valence-corrected chi connectivity index (χ4v) is 1.54. The number of carbonyl (C=O) groups excluding carboxylic acids is 1. The van der Waals surface area contributed by atoms with Gasteiger partial charge in [-0.1, -0.05) is 12.7 Å². The maximum atomic E-state index is 11.4. The molecule has 0 aliphatic heterocycles. The molecule has 0 fully saturated rings. The van der Waals surface area contributed by atoms with E-state index in [0.717, 1.165) is 0 Å². The van der Waals surface area contributed by atoms with Crippen LogP contribution in [-0.2, 0) is 4.74 Å². The van der Waals surface area contributed by atoms with Crippen LogP contribution >= 0.6 is 0 Å². The van der Waals surface area contributed by atoms with Gasteiger partial charge < -0.3 is 9.84 Å². The Bertz CT molecular complexity index is 684. The highest BCUT2D eigenvalue weighted by molar-refractivity contribution is 5.98. The van der Waals surface area contributed by atoms with Crippen molar-refractivity contribution in [1.82, 2.24) is 9.97 Å². The number of pyridine rings is 2. The fourth-order valence-electron chi connectivity index (χ4n) is 1.54. The number of aromatic carboxylic acids is 1. The number of carbonyl (C=O) groups is 2. The van der Waals surface area contributed by atoms with E-state index in [1.165, 1.54) is 24.5 Å². The average molecular weight is 273 g/mol. The van der Waals surface area contributed by atoms with E-state index in [-0.39, 0.29) is 18.0 Å². The molecular weight excluding hydrogens is 262 g/mol. The van der Waals surface area contributed by atoms with Gasteiger partial charge in [0.1, 0.15) is 12.1 Å². The lowest BCUT2D eigenvalue weighted by atomic mass is 10.2. The number of aromatic nitrogens is 2. The minimum atomic E-state index is -1.07. The summed E-state index contributed by atoms with van der Waals surface area (Å²) in [6.45, 7) is 3.50. The first kappa shape index (κ1) is 13.5. The van der Waals surface area contributed by atoms with Crippen LogP contribution in [0.2, 0.25) is 0 Å². The number of ether oxygens (including phenoxy) is 1. The molecular formula is C13H11N3O4. The van der Waals surface area contributed by atoms with Crippen LogP contribution in [0.25, 0.3) is 10.9 Å². The second kappa shape index (κ2) is 5.79. The number of nitrogens with one attached hydrogen (secondary N) is 1. The second-order valence-corrected chi connectivity index (χ2v) is 3.77. The van der Waals surface area contributed by atoms with Gasteiger partial charge in [0.05, 0.1) is 5.56 Å². The Kier molecular flexibility index (Phi) is 3.90. The van der Waals surface area contributed by atoms with E-state index in [4.69, 9.17) is 9.84 Å². The number of carboxylic acids is 1. The van der Waals surface area contributed by atoms with Crippen molar-refractivity contribution in [3.05, 3.63) is 42.7 Å². The number of nitrogens with zero attached hydrogens (tertiary/aromatic N) is 2. The van der Waals surface area contributed by atoms with Crippen molar-refractivity contribution >= 4 is 28.8 Å². The Balaban J connectivity index is 2.32. The lowest BCUT2D eigenvalue weighted by Gasteiger charge is -2.07. The van der Waals surface area contributed by atoms with E-state index in [1.54, 1.807) is 6.07 Å². The highest BCUT2D eigenvalue weighted by Crippen LogP contribution is 2.19. The van der Waals surface area contributed by atoms with Crippen LogP contribution < -0.4 is 5.32 Å². The molecule has 0 saturated heterocycles. The van der Waals surface area contributed by atoms with Crippen LogP contribution in [0.1, 0.15) is 10.4 Å². The number of fused-ring (bicyclic) bond motifs is 1. The minimum absolute atomic E-state index is 0.0592. The molecule has 2 heterocycles. The molecule has 0 bridgehead atoms. The lowest BCUT2D eigenvalue weighted by molar-refractivity contribution is 0.0696. The molecule has 7 heteroatoms. The van der Waals surface area contributed by atoms with Crippen molar-refractivity contribution in [2.45, 2.75) is 0 Å². The van der Waals surface area contributed by atoms with Crippen molar-refractivity contribution in [2.24, 2.45) is 0 Å². The van der Waals surface area contributed by atoms with Gasteiger partial charge >= 0.3 is 12.1 Å². The molecule has 0 saturated carbocycles. The number of carboxylic acid groups (broad SMARTS) is 1. The van der Waals surface area contributed by atoms with Gasteiger partial charge in [-0.15, -0.1) is 0 Å². The maximum Gasteiger partial charge on any atom is 0.413 e. The Morgan fingerprint density at radius 1 is 1.45 bits per heavy atom. The Morgan fingerprint density at radius 2 is 2.25 bits per heavy atom. The molecule has 0 radical (unpaired) electrons. The first-order valence-corrected chi connectivity index (χ1v) is 5.64. The van der Waals surface area contributed by atoms with Crippen LogP contribution in [0.15, 0.2) is 37.2 Å². The van der Waals surface area contributed by atoms with Crippen LogP contribution in [0, 0.1) is 0 Å². The van der Waals surface area contributed by atoms with Crippen molar-refractivity contribution in [2.75, 3.05) is 11.9 Å². The largest absolute Gasteiger partial charge is 0.478 e. The molecule has 2 aromatic rings. The number of hydrogen-bond acceptors (Lipinski definition) is 5. The third kappa shape index (κ3) is 2.89. The zero-order chi connectivity index (χ0) is 14.5. The summed E-state index contributed by atoms with van der Waals surface area (Å²) in [4.78, 5) is 30.3. The van der Waals surface area contributed by atoms with Crippen LogP contribution in [0.4, 0.5) is 10.6 Å². The van der Waals surface area contributed by atoms with E-state index >= 15 is 0 Å². The normalized spacial score (nSPS) is 10.0. The minimum Gasteiger partial charge on any atom is -0.478 e. The number of anilines is 1. The molecule has 0 aromatic carbocycles. The summed E-state index contributed by atoms with van der Waals surface area (Å²) in [5, 5.41) is 11.9. The Morgan fingerprint density at radius 3 is 2.95 bits per heavy atom. The van der Waals surface area contributed by atoms with Gasteiger partial charge in [-0.2, -0.15) is 0 Å². The number of amides is 1. The molecule has 0 unspecified atom stereocenters. The van der Waals surface area contributed by atoms with E-state index in [0.29, 0.717) is 10.9 Å². The third-order valence-electron chi connectivity index (χ3n) is 2.40. The van der Waals surface area contributed by atoms with Crippen molar-refractivity contribution in [3.8, 4) is 0 Å². The van der Waals surface area contributed by atoms with Gasteiger partial charge in [-0.05, 0) is 12.1 Å². The predicted molar refractivity (Wildman–Crippen MR) is 71.7 cm³/mol. The molecule has 0 aliphatic carbocycles. The van der Waals surface area contributed by atoms with Gasteiger partial charge in [0, 0.05) is 17.8 Å². The van der Waals surface area contributed by atoms with E-state index in [9.17, 15) is 9.59 Å². The number of rotatable bonds is 4. The van der Waals surface area contributed by atoms with Gasteiger partial charge in [0.15, 0.2) is 5.82 Å². The zero-order valence-corrected chi connectivity index (χ0v) is 10.4. The fraction of sp³-hybridized carbons (Fsp3) is 0.0769. The number of hydrogen-bond donors (Lipinski definition) is 2. The molecule has 0 atom stereocenters. The summed E-state index contributed by atoms with van der Waals surface area (Å²) < 4.78 is 4.78. The maximum absolute atomic E-state index is 11.4. The first-order chi connectivity index (χ1) is 9.61. The van der Waals surface area contributed by atoms with Gasteiger partial charge in [-0.25, -0.2) is 14.6 Å². The van der Waals surface area contributed by atoms with Gasteiger partial charge in [-0.3, -0.25) is 10.3 Å². The average Bonchev–Trinajstić information content (AvgIpc) is 2.44. The monoisotopic (exact) mass is 273 g/mol. The predicted octanol–water partition coefficient (Wildman–Crippen LogP) is 2.06. The molecule has 2 rings (SSSR count). The van der Waals surface area contributed by atoms with Gasteiger partial charge in [0.2, 0.25) is 0 Å². The first-order valence-electron chi connectivity index (χ1n) is 5.64. The van der Waals surface area contributed by atoms with Crippen molar-refractivity contribution in [3.63, 3.8) is 0 Å². The van der Waals surface area contributed by atoms with Crippen molar-refractivity contribution < 1.29 is 19.4 Å². The molecule has 7 nitrogen and oxygen atoms in total. The molecule has 2 aromatic heterocycles. The van der Waals surface area contributed by atoms with Crippen LogP contribution in [0.3, 0.4) is 0 Å². The van der Waals surface area contributed by atoms with Gasteiger partial charge in [0.25, 0.3) is 0 Å². The lowest BCUT2D eigenvalue weighted by Crippen LogP contribution is -2.15. The van der Waals surface area contributed by atoms with E-state index in [2.05, 4.69) is 21.9 Å². The van der Waals surface area contributed by atoms with E-state index < -0.39 is 12.1 Å². The standard InChI is InChI=1S/C13H11N3O4/c1-2-5-20-13(19)16-11-10-8(3-4-14-11)6-9(7-15-10)12(17)18/h2-4,6-7H,1,5H2,(H,17,18)(H,14,16,19). The van der Waals surface area contributed by atoms with Crippen LogP contribution in [0.5, 0.6) is 0 Å². The highest BCUT2D eigenvalue weighted by Gasteiger charge is 2.11. The Hall–Kier alpha value is -2.96. The topological polar surface area (TPSA) is 101 Å². The molecule has 20 heavy (non-hydrogen) atoms. The smallest absolute Gasteiger partial charge is 0.413 e. The summed E-state index contributed by atoms with van der Waals surface area (Å²) in [6.07, 6.45) is 3.40. The summed E-state index contributed by atoms with van der Waals surface area (Å²) in [5.41, 5.74) is 0.442. The van der Waals surface area contributed by atoms with E-state index in [1.807, 2.05) is 0 Å². The zero-order valence-electron chi connectivity index (χ0n) is 10.4. The molecule has 1 amide bonds. The van der Waals surface area contributed by atoms with Crippen LogP contribution in [-0.4, -0.2) is 33.7 Å². The van der Waals surface area contributed by atoms with Crippen molar-refractivity contribution in [1.29, 1.82) is 0 Å². The molecule has 2 N–H and O–H groups in total. The highest BCUT2D eigenvalue weighted by atomic mass is 16.5. The Labute approximate surface area is 113 Å². The quantitative estimate of drug-likeness (QED) is 0.827. The summed E-state index contributed by atoms with van der Waals surface area (Å²) in [7, 11) is 0. The summed E-state index contributed by atoms with van der Waals surface area (Å²) in [5.74, 6) is -0.871. The third-order valence-corrected chi connectivity index (χ3v) is 2.40. The SMILES string of the molecule is C=CCOC(=O)Nc1nccc2cc(C(=O)O)cnc12. The molecule has 102 valence electrons. The molecule has 0 spiro atoms.